The SMILES string of the molecule is COc1ccc2c(c1)c(C(=O)C(=O)Nc1ccccc1F)c(C)n2Cc1ccc(Cl)cc1. The third-order valence-corrected chi connectivity index (χ3v) is 5.59. The third kappa shape index (κ3) is 4.09. The molecule has 1 N–H and O–H groups in total. The number of benzene rings is 3. The summed E-state index contributed by atoms with van der Waals surface area (Å²) in [6.07, 6.45) is 0. The number of para-hydroxylation sites is 1. The van der Waals surface area contributed by atoms with Crippen LogP contribution in [-0.2, 0) is 11.3 Å². The van der Waals surface area contributed by atoms with E-state index in [1.54, 1.807) is 37.3 Å². The number of anilines is 1. The highest BCUT2D eigenvalue weighted by atomic mass is 35.5. The molecule has 4 rings (SSSR count). The van der Waals surface area contributed by atoms with Gasteiger partial charge in [0.2, 0.25) is 0 Å². The fourth-order valence-corrected chi connectivity index (χ4v) is 3.83. The van der Waals surface area contributed by atoms with Crippen LogP contribution in [0.15, 0.2) is 66.7 Å². The number of carbonyl (C=O) groups is 2. The summed E-state index contributed by atoms with van der Waals surface area (Å²) in [6.45, 7) is 2.26. The number of fused-ring (bicyclic) bond motifs is 1. The Kier molecular flexibility index (Phi) is 5.97. The molecule has 5 nitrogen and oxygen atoms in total. The van der Waals surface area contributed by atoms with E-state index in [1.807, 2.05) is 22.8 Å². The van der Waals surface area contributed by atoms with Crippen LogP contribution in [0.5, 0.6) is 5.75 Å². The second-order valence-electron chi connectivity index (χ2n) is 7.32. The van der Waals surface area contributed by atoms with Gasteiger partial charge in [0.15, 0.2) is 0 Å². The summed E-state index contributed by atoms with van der Waals surface area (Å²) in [5, 5.41) is 3.60. The van der Waals surface area contributed by atoms with Gasteiger partial charge >= 0.3 is 0 Å². The first-order chi connectivity index (χ1) is 15.4. The molecule has 32 heavy (non-hydrogen) atoms. The average molecular weight is 451 g/mol. The number of nitrogens with zero attached hydrogens (tertiary/aromatic N) is 1. The van der Waals surface area contributed by atoms with E-state index in [4.69, 9.17) is 16.3 Å². The number of methoxy groups -OCH3 is 1. The predicted molar refractivity (Wildman–Crippen MR) is 123 cm³/mol. The lowest BCUT2D eigenvalue weighted by molar-refractivity contribution is -0.112. The normalized spacial score (nSPS) is 10.9. The molecule has 3 aromatic carbocycles. The van der Waals surface area contributed by atoms with Crippen molar-refractivity contribution in [3.8, 4) is 5.75 Å². The van der Waals surface area contributed by atoms with Gasteiger partial charge in [0.05, 0.1) is 18.4 Å². The molecule has 0 bridgehead atoms. The predicted octanol–water partition coefficient (Wildman–Crippen LogP) is 5.62. The zero-order valence-corrected chi connectivity index (χ0v) is 18.2. The van der Waals surface area contributed by atoms with Crippen molar-refractivity contribution in [2.75, 3.05) is 12.4 Å². The fourth-order valence-electron chi connectivity index (χ4n) is 3.71. The molecule has 0 aliphatic heterocycles. The molecule has 0 saturated heterocycles. The number of nitrogens with one attached hydrogen (secondary N) is 1. The van der Waals surface area contributed by atoms with E-state index in [9.17, 15) is 14.0 Å². The number of aromatic nitrogens is 1. The van der Waals surface area contributed by atoms with Crippen LogP contribution in [0.25, 0.3) is 10.9 Å². The van der Waals surface area contributed by atoms with Crippen LogP contribution < -0.4 is 10.1 Å². The quantitative estimate of drug-likeness (QED) is 0.306. The molecular weight excluding hydrogens is 431 g/mol. The van der Waals surface area contributed by atoms with Crippen LogP contribution in [0.4, 0.5) is 10.1 Å². The molecule has 1 heterocycles. The maximum absolute atomic E-state index is 14.0. The number of hydrogen-bond acceptors (Lipinski definition) is 3. The summed E-state index contributed by atoms with van der Waals surface area (Å²) in [7, 11) is 1.53. The number of hydrogen-bond donors (Lipinski definition) is 1. The lowest BCUT2D eigenvalue weighted by Gasteiger charge is -2.09. The van der Waals surface area contributed by atoms with Crippen LogP contribution in [0.3, 0.4) is 0 Å². The lowest BCUT2D eigenvalue weighted by Crippen LogP contribution is -2.24. The molecule has 0 aliphatic carbocycles. The molecule has 0 aliphatic rings. The van der Waals surface area contributed by atoms with Crippen molar-refractivity contribution in [2.45, 2.75) is 13.5 Å². The van der Waals surface area contributed by atoms with Crippen LogP contribution in [0, 0.1) is 12.7 Å². The smallest absolute Gasteiger partial charge is 0.296 e. The van der Waals surface area contributed by atoms with Gasteiger partial charge in [0.25, 0.3) is 11.7 Å². The van der Waals surface area contributed by atoms with E-state index in [0.29, 0.717) is 28.4 Å². The van der Waals surface area contributed by atoms with Crippen molar-refractivity contribution in [1.82, 2.24) is 4.57 Å². The second kappa shape index (κ2) is 8.85. The zero-order valence-electron chi connectivity index (χ0n) is 17.5. The zero-order chi connectivity index (χ0) is 22.8. The standard InChI is InChI=1S/C25H20ClFN2O3/c1-15-23(24(30)25(31)28-21-6-4-3-5-20(21)27)19-13-18(32-2)11-12-22(19)29(15)14-16-7-9-17(26)10-8-16/h3-13H,14H2,1-2H3,(H,28,31). The Morgan fingerprint density at radius 2 is 1.78 bits per heavy atom. The van der Waals surface area contributed by atoms with E-state index >= 15 is 0 Å². The minimum absolute atomic E-state index is 0.0500. The van der Waals surface area contributed by atoms with Gasteiger partial charge in [-0.2, -0.15) is 0 Å². The highest BCUT2D eigenvalue weighted by Gasteiger charge is 2.26. The fraction of sp³-hybridized carbons (Fsp3) is 0.120. The summed E-state index contributed by atoms with van der Waals surface area (Å²) < 4.78 is 21.2. The maximum atomic E-state index is 14.0. The van der Waals surface area contributed by atoms with Crippen molar-refractivity contribution in [2.24, 2.45) is 0 Å². The maximum Gasteiger partial charge on any atom is 0.296 e. The Hall–Kier alpha value is -3.64. The van der Waals surface area contributed by atoms with E-state index < -0.39 is 17.5 Å². The average Bonchev–Trinajstić information content (AvgIpc) is 3.06. The number of ketones is 1. The van der Waals surface area contributed by atoms with Crippen molar-refractivity contribution in [3.05, 3.63) is 94.4 Å². The largest absolute Gasteiger partial charge is 0.497 e. The second-order valence-corrected chi connectivity index (χ2v) is 7.76. The molecule has 0 atom stereocenters. The molecule has 1 amide bonds. The van der Waals surface area contributed by atoms with Crippen LogP contribution in [-0.4, -0.2) is 23.4 Å². The van der Waals surface area contributed by atoms with E-state index in [0.717, 1.165) is 11.1 Å². The van der Waals surface area contributed by atoms with Gasteiger partial charge in [-0.3, -0.25) is 9.59 Å². The topological polar surface area (TPSA) is 60.3 Å². The summed E-state index contributed by atoms with van der Waals surface area (Å²) >= 11 is 6.00. The van der Waals surface area contributed by atoms with Crippen LogP contribution >= 0.6 is 11.6 Å². The third-order valence-electron chi connectivity index (χ3n) is 5.34. The molecular formula is C25H20ClFN2O3. The van der Waals surface area contributed by atoms with Crippen molar-refractivity contribution < 1.29 is 18.7 Å². The minimum Gasteiger partial charge on any atom is -0.497 e. The van der Waals surface area contributed by atoms with Gasteiger partial charge in [-0.25, -0.2) is 4.39 Å². The number of halogens is 2. The summed E-state index contributed by atoms with van der Waals surface area (Å²) in [5.41, 5.74) is 2.59. The molecule has 4 aromatic rings. The highest BCUT2D eigenvalue weighted by Crippen LogP contribution is 2.31. The Balaban J connectivity index is 1.78. The molecule has 0 radical (unpaired) electrons. The summed E-state index contributed by atoms with van der Waals surface area (Å²) in [4.78, 5) is 25.9. The Morgan fingerprint density at radius 1 is 1.06 bits per heavy atom. The van der Waals surface area contributed by atoms with Gasteiger partial charge in [-0.05, 0) is 55.0 Å². The summed E-state index contributed by atoms with van der Waals surface area (Å²) in [5.74, 6) is -1.72. The monoisotopic (exact) mass is 450 g/mol. The van der Waals surface area contributed by atoms with Gasteiger partial charge in [-0.15, -0.1) is 0 Å². The summed E-state index contributed by atoms with van der Waals surface area (Å²) in [6, 6.07) is 18.5. The highest BCUT2D eigenvalue weighted by molar-refractivity contribution is 6.48. The number of carbonyl (C=O) groups excluding carboxylic acids is 2. The molecule has 0 spiro atoms. The van der Waals surface area contributed by atoms with Crippen LogP contribution in [0.2, 0.25) is 5.02 Å². The van der Waals surface area contributed by atoms with E-state index in [2.05, 4.69) is 5.32 Å². The first-order valence-electron chi connectivity index (χ1n) is 9.90. The van der Waals surface area contributed by atoms with Crippen molar-refractivity contribution in [3.63, 3.8) is 0 Å². The molecule has 7 heteroatoms. The molecule has 0 saturated carbocycles. The first-order valence-corrected chi connectivity index (χ1v) is 10.3. The van der Waals surface area contributed by atoms with Gasteiger partial charge in [0.1, 0.15) is 11.6 Å². The molecule has 0 fully saturated rings. The number of Topliss-reactive ketones (excluding diaryl/α,β-unsaturated/α-hetero) is 1. The van der Waals surface area contributed by atoms with Crippen molar-refractivity contribution >= 4 is 39.9 Å². The Bertz CT molecular complexity index is 1330. The van der Waals surface area contributed by atoms with E-state index in [-0.39, 0.29) is 11.3 Å². The number of ether oxygens (including phenoxy) is 1. The van der Waals surface area contributed by atoms with Crippen molar-refractivity contribution in [1.29, 1.82) is 0 Å². The number of rotatable bonds is 6. The molecule has 0 unspecified atom stereocenters. The Labute approximate surface area is 189 Å². The molecule has 1 aromatic heterocycles. The lowest BCUT2D eigenvalue weighted by atomic mass is 10.1. The molecule has 162 valence electrons. The number of amides is 1. The van der Waals surface area contributed by atoms with Gasteiger partial charge in [-0.1, -0.05) is 35.9 Å². The first kappa shape index (κ1) is 21.6. The van der Waals surface area contributed by atoms with E-state index in [1.165, 1.54) is 25.3 Å². The minimum atomic E-state index is -0.911. The van der Waals surface area contributed by atoms with Gasteiger partial charge < -0.3 is 14.6 Å². The van der Waals surface area contributed by atoms with Crippen LogP contribution in [0.1, 0.15) is 21.6 Å². The van der Waals surface area contributed by atoms with Gasteiger partial charge in [0, 0.05) is 28.2 Å². The Morgan fingerprint density at radius 3 is 2.47 bits per heavy atom.